The van der Waals surface area contributed by atoms with E-state index in [1.54, 1.807) is 6.07 Å². The van der Waals surface area contributed by atoms with E-state index in [9.17, 15) is 5.11 Å². The normalized spacial score (nSPS) is 22.3. The third kappa shape index (κ3) is 3.36. The van der Waals surface area contributed by atoms with Crippen molar-refractivity contribution in [3.63, 3.8) is 0 Å². The first-order valence-electron chi connectivity index (χ1n) is 5.49. The fraction of sp³-hybridized carbons (Fsp3) is 0.500. The van der Waals surface area contributed by atoms with Crippen molar-refractivity contribution in [2.45, 2.75) is 25.5 Å². The summed E-state index contributed by atoms with van der Waals surface area (Å²) in [5.74, 6) is 0. The molecule has 1 N–H and O–H groups in total. The average Bonchev–Trinajstić information content (AvgIpc) is 2.15. The third-order valence-corrected chi connectivity index (χ3v) is 3.25. The molecule has 0 radical (unpaired) electrons. The number of aliphatic hydroxyl groups is 1. The Morgan fingerprint density at radius 3 is 2.56 bits per heavy atom. The Hall–Kier alpha value is -0.280. The molecule has 0 aromatic heterocycles. The highest BCUT2D eigenvalue weighted by Gasteiger charge is 2.17. The van der Waals surface area contributed by atoms with E-state index in [2.05, 4.69) is 4.90 Å². The van der Waals surface area contributed by atoms with Gasteiger partial charge in [-0.3, -0.25) is 4.90 Å². The summed E-state index contributed by atoms with van der Waals surface area (Å²) in [7, 11) is 0. The quantitative estimate of drug-likeness (QED) is 0.883. The van der Waals surface area contributed by atoms with Crippen molar-refractivity contribution in [1.82, 2.24) is 4.90 Å². The molecule has 2 nitrogen and oxygen atoms in total. The van der Waals surface area contributed by atoms with E-state index in [0.29, 0.717) is 10.0 Å². The number of β-amino-alcohol motifs (C(OH)–C–C–N with tert-alkyl or cyclic N) is 1. The van der Waals surface area contributed by atoms with Gasteiger partial charge in [0.15, 0.2) is 0 Å². The first-order chi connectivity index (χ1) is 7.63. The zero-order valence-electron chi connectivity index (χ0n) is 9.00. The second kappa shape index (κ2) is 5.37. The monoisotopic (exact) mass is 259 g/mol. The standard InChI is InChI=1S/C12H15Cl2NO/c13-10-4-9(5-11(14)6-10)7-15-3-1-2-12(16)8-15/h4-6,12,16H,1-3,7-8H2/t12-/m1/s1. The first-order valence-corrected chi connectivity index (χ1v) is 6.24. The molecular weight excluding hydrogens is 245 g/mol. The van der Waals surface area contributed by atoms with Gasteiger partial charge in [0.2, 0.25) is 0 Å². The minimum absolute atomic E-state index is 0.191. The Bertz CT molecular complexity index is 350. The lowest BCUT2D eigenvalue weighted by Crippen LogP contribution is -2.37. The van der Waals surface area contributed by atoms with E-state index in [1.165, 1.54) is 0 Å². The molecule has 0 amide bonds. The van der Waals surface area contributed by atoms with Crippen LogP contribution < -0.4 is 0 Å². The molecule has 2 rings (SSSR count). The van der Waals surface area contributed by atoms with Crippen LogP contribution in [0.25, 0.3) is 0 Å². The van der Waals surface area contributed by atoms with Gasteiger partial charge in [-0.1, -0.05) is 23.2 Å². The summed E-state index contributed by atoms with van der Waals surface area (Å²) in [6.07, 6.45) is 1.77. The van der Waals surface area contributed by atoms with Gasteiger partial charge in [0.1, 0.15) is 0 Å². The second-order valence-electron chi connectivity index (χ2n) is 4.31. The molecule has 0 spiro atoms. The van der Waals surface area contributed by atoms with Crippen molar-refractivity contribution >= 4 is 23.2 Å². The molecule has 88 valence electrons. The fourth-order valence-electron chi connectivity index (χ4n) is 2.14. The molecule has 16 heavy (non-hydrogen) atoms. The van der Waals surface area contributed by atoms with E-state index < -0.39 is 0 Å². The van der Waals surface area contributed by atoms with Crippen LogP contribution in [0.15, 0.2) is 18.2 Å². The Morgan fingerprint density at radius 1 is 1.25 bits per heavy atom. The third-order valence-electron chi connectivity index (χ3n) is 2.81. The number of aliphatic hydroxyl groups excluding tert-OH is 1. The molecule has 0 saturated carbocycles. The SMILES string of the molecule is O[C@@H]1CCCN(Cc2cc(Cl)cc(Cl)c2)C1. The fourth-order valence-corrected chi connectivity index (χ4v) is 2.71. The zero-order valence-corrected chi connectivity index (χ0v) is 10.5. The van der Waals surface area contributed by atoms with Gasteiger partial charge in [-0.15, -0.1) is 0 Å². The Balaban J connectivity index is 2.02. The van der Waals surface area contributed by atoms with E-state index in [1.807, 2.05) is 12.1 Å². The van der Waals surface area contributed by atoms with Crippen LogP contribution in [0.2, 0.25) is 10.0 Å². The Labute approximate surface area is 106 Å². The highest BCUT2D eigenvalue weighted by molar-refractivity contribution is 6.34. The van der Waals surface area contributed by atoms with Crippen LogP contribution in [-0.4, -0.2) is 29.2 Å². The largest absolute Gasteiger partial charge is 0.392 e. The number of benzene rings is 1. The molecule has 4 heteroatoms. The lowest BCUT2D eigenvalue weighted by atomic mass is 10.1. The van der Waals surface area contributed by atoms with Gasteiger partial charge >= 0.3 is 0 Å². The summed E-state index contributed by atoms with van der Waals surface area (Å²) in [6.45, 7) is 2.57. The summed E-state index contributed by atoms with van der Waals surface area (Å²) in [5.41, 5.74) is 1.10. The van der Waals surface area contributed by atoms with Crippen LogP contribution >= 0.6 is 23.2 Å². The summed E-state index contributed by atoms with van der Waals surface area (Å²) in [6, 6.07) is 5.58. The molecule has 0 aliphatic carbocycles. The van der Waals surface area contributed by atoms with Crippen molar-refractivity contribution < 1.29 is 5.11 Å². The van der Waals surface area contributed by atoms with Crippen molar-refractivity contribution in [2.75, 3.05) is 13.1 Å². The number of hydrogen-bond acceptors (Lipinski definition) is 2. The van der Waals surface area contributed by atoms with Gasteiger partial charge in [-0.25, -0.2) is 0 Å². The first kappa shape index (κ1) is 12.2. The minimum Gasteiger partial charge on any atom is -0.392 e. The molecule has 1 aliphatic rings. The van der Waals surface area contributed by atoms with Gasteiger partial charge in [-0.2, -0.15) is 0 Å². The summed E-state index contributed by atoms with van der Waals surface area (Å²) < 4.78 is 0. The number of likely N-dealkylation sites (tertiary alicyclic amines) is 1. The topological polar surface area (TPSA) is 23.5 Å². The summed E-state index contributed by atoms with van der Waals surface area (Å²) in [4.78, 5) is 2.23. The van der Waals surface area contributed by atoms with Gasteiger partial charge in [-0.05, 0) is 43.1 Å². The van der Waals surface area contributed by atoms with Gasteiger partial charge < -0.3 is 5.11 Å². The van der Waals surface area contributed by atoms with Crippen LogP contribution in [0.5, 0.6) is 0 Å². The molecule has 1 heterocycles. The summed E-state index contributed by atoms with van der Waals surface area (Å²) in [5, 5.41) is 10.9. The molecule has 0 bridgehead atoms. The van der Waals surface area contributed by atoms with Crippen LogP contribution in [0.3, 0.4) is 0 Å². The maximum Gasteiger partial charge on any atom is 0.0667 e. The predicted molar refractivity (Wildman–Crippen MR) is 67.0 cm³/mol. The van der Waals surface area contributed by atoms with Crippen LogP contribution in [0.4, 0.5) is 0 Å². The zero-order chi connectivity index (χ0) is 11.5. The number of rotatable bonds is 2. The van der Waals surface area contributed by atoms with Crippen molar-refractivity contribution in [3.05, 3.63) is 33.8 Å². The highest BCUT2D eigenvalue weighted by Crippen LogP contribution is 2.21. The average molecular weight is 260 g/mol. The van der Waals surface area contributed by atoms with E-state index >= 15 is 0 Å². The molecule has 1 aromatic rings. The molecule has 1 saturated heterocycles. The van der Waals surface area contributed by atoms with Crippen LogP contribution in [-0.2, 0) is 6.54 Å². The van der Waals surface area contributed by atoms with Crippen molar-refractivity contribution in [1.29, 1.82) is 0 Å². The highest BCUT2D eigenvalue weighted by atomic mass is 35.5. The molecule has 1 atom stereocenters. The van der Waals surface area contributed by atoms with Crippen LogP contribution in [0.1, 0.15) is 18.4 Å². The maximum absolute atomic E-state index is 9.57. The van der Waals surface area contributed by atoms with Gasteiger partial charge in [0.05, 0.1) is 6.10 Å². The minimum atomic E-state index is -0.191. The predicted octanol–water partition coefficient (Wildman–Crippen LogP) is 2.95. The second-order valence-corrected chi connectivity index (χ2v) is 5.18. The number of piperidine rings is 1. The van der Waals surface area contributed by atoms with Crippen LogP contribution in [0, 0.1) is 0 Å². The van der Waals surface area contributed by atoms with Gasteiger partial charge in [0.25, 0.3) is 0 Å². The number of halogens is 2. The Kier molecular flexibility index (Phi) is 4.09. The number of nitrogens with zero attached hydrogens (tertiary/aromatic N) is 1. The van der Waals surface area contributed by atoms with Crippen molar-refractivity contribution in [3.8, 4) is 0 Å². The maximum atomic E-state index is 9.57. The molecule has 1 aromatic carbocycles. The molecule has 1 aliphatic heterocycles. The van der Waals surface area contributed by atoms with E-state index in [0.717, 1.165) is 38.0 Å². The van der Waals surface area contributed by atoms with E-state index in [-0.39, 0.29) is 6.10 Å². The molecule has 1 fully saturated rings. The van der Waals surface area contributed by atoms with Gasteiger partial charge in [0, 0.05) is 23.1 Å². The molecule has 0 unspecified atom stereocenters. The number of hydrogen-bond donors (Lipinski definition) is 1. The molecular formula is C12H15Cl2NO. The summed E-state index contributed by atoms with van der Waals surface area (Å²) >= 11 is 11.9. The lowest BCUT2D eigenvalue weighted by Gasteiger charge is -2.30. The lowest BCUT2D eigenvalue weighted by molar-refractivity contribution is 0.0668. The van der Waals surface area contributed by atoms with E-state index in [4.69, 9.17) is 23.2 Å². The van der Waals surface area contributed by atoms with Crippen molar-refractivity contribution in [2.24, 2.45) is 0 Å². The Morgan fingerprint density at radius 2 is 1.94 bits per heavy atom. The smallest absolute Gasteiger partial charge is 0.0667 e.